The Labute approximate surface area is 51.9 Å². The van der Waals surface area contributed by atoms with Gasteiger partial charge in [0.2, 0.25) is 0 Å². The van der Waals surface area contributed by atoms with Crippen molar-refractivity contribution >= 4 is 19.7 Å². The molecule has 0 heterocycles. The lowest BCUT2D eigenvalue weighted by Gasteiger charge is -2.17. The van der Waals surface area contributed by atoms with Gasteiger partial charge in [0.15, 0.2) is 0 Å². The van der Waals surface area contributed by atoms with E-state index < -0.39 is 8.07 Å². The Kier molecular flexibility index (Phi) is 2.34. The summed E-state index contributed by atoms with van der Waals surface area (Å²) >= 11 is 5.70. The number of hydrogen-bond donors (Lipinski definition) is 0. The van der Waals surface area contributed by atoms with Gasteiger partial charge in [0.05, 0.1) is 8.07 Å². The van der Waals surface area contributed by atoms with E-state index in [4.69, 9.17) is 11.6 Å². The van der Waals surface area contributed by atoms with Crippen molar-refractivity contribution in [2.45, 2.75) is 24.6 Å². The van der Waals surface area contributed by atoms with Gasteiger partial charge in [0.25, 0.3) is 0 Å². The molecule has 0 aliphatic rings. The molecule has 0 amide bonds. The SMILES string of the molecule is [CH2]C(Cl)[Si](C)(C)C. The molecule has 0 saturated carbocycles. The lowest BCUT2D eigenvalue weighted by molar-refractivity contribution is 1.44. The van der Waals surface area contributed by atoms with E-state index >= 15 is 0 Å². The summed E-state index contributed by atoms with van der Waals surface area (Å²) in [6.45, 7) is 10.4. The Hall–Kier alpha value is 0.507. The number of rotatable bonds is 1. The van der Waals surface area contributed by atoms with E-state index in [0.29, 0.717) is 0 Å². The average Bonchev–Trinajstić information content (AvgIpc) is 1.31. The zero-order valence-corrected chi connectivity index (χ0v) is 6.92. The van der Waals surface area contributed by atoms with E-state index in [2.05, 4.69) is 26.6 Å². The molecule has 0 aliphatic carbocycles. The van der Waals surface area contributed by atoms with Crippen LogP contribution in [0.3, 0.4) is 0 Å². The number of halogens is 1. The molecule has 0 aromatic carbocycles. The second kappa shape index (κ2) is 2.18. The zero-order valence-electron chi connectivity index (χ0n) is 5.16. The standard InChI is InChI=1S/C5H12ClSi/c1-5(6)7(2,3)4/h5H,1H2,2-4H3. The summed E-state index contributed by atoms with van der Waals surface area (Å²) < 4.78 is 0. The van der Waals surface area contributed by atoms with Gasteiger partial charge >= 0.3 is 0 Å². The Morgan fingerprint density at radius 3 is 1.57 bits per heavy atom. The van der Waals surface area contributed by atoms with Crippen LogP contribution >= 0.6 is 11.6 Å². The van der Waals surface area contributed by atoms with Gasteiger partial charge in [-0.25, -0.2) is 0 Å². The van der Waals surface area contributed by atoms with Gasteiger partial charge < -0.3 is 0 Å². The summed E-state index contributed by atoms with van der Waals surface area (Å²) in [6, 6.07) is 0. The van der Waals surface area contributed by atoms with Gasteiger partial charge in [-0.2, -0.15) is 0 Å². The first-order valence-corrected chi connectivity index (χ1v) is 6.43. The molecule has 7 heavy (non-hydrogen) atoms. The molecular formula is C5H12ClSi. The molecule has 0 aromatic rings. The van der Waals surface area contributed by atoms with Crippen LogP contribution in [0.4, 0.5) is 0 Å². The molecule has 0 bridgehead atoms. The van der Waals surface area contributed by atoms with Crippen molar-refractivity contribution in [3.05, 3.63) is 6.92 Å². The molecule has 1 unspecified atom stereocenters. The molecule has 2 heteroatoms. The van der Waals surface area contributed by atoms with Crippen molar-refractivity contribution in [1.82, 2.24) is 0 Å². The maximum Gasteiger partial charge on any atom is 0.0648 e. The molecule has 0 spiro atoms. The molecule has 1 atom stereocenters. The van der Waals surface area contributed by atoms with E-state index in [-0.39, 0.29) is 5.00 Å². The van der Waals surface area contributed by atoms with Gasteiger partial charge in [-0.05, 0) is 6.92 Å². The maximum absolute atomic E-state index is 5.70. The van der Waals surface area contributed by atoms with Crippen molar-refractivity contribution in [2.24, 2.45) is 0 Å². The van der Waals surface area contributed by atoms with Gasteiger partial charge in [0, 0.05) is 5.00 Å². The summed E-state index contributed by atoms with van der Waals surface area (Å²) in [4.78, 5) is 0. The third kappa shape index (κ3) is 3.12. The van der Waals surface area contributed by atoms with Crippen LogP contribution in [0, 0.1) is 6.92 Å². The Balaban J connectivity index is 3.54. The van der Waals surface area contributed by atoms with Crippen LogP contribution in [-0.2, 0) is 0 Å². The van der Waals surface area contributed by atoms with Gasteiger partial charge in [-0.3, -0.25) is 0 Å². The first-order valence-electron chi connectivity index (χ1n) is 2.42. The van der Waals surface area contributed by atoms with Crippen molar-refractivity contribution in [3.8, 4) is 0 Å². The van der Waals surface area contributed by atoms with Gasteiger partial charge in [0.1, 0.15) is 0 Å². The minimum atomic E-state index is -1.08. The summed E-state index contributed by atoms with van der Waals surface area (Å²) in [5.41, 5.74) is 0. The van der Waals surface area contributed by atoms with E-state index in [1.54, 1.807) is 0 Å². The lowest BCUT2D eigenvalue weighted by Crippen LogP contribution is -2.31. The fourth-order valence-electron chi connectivity index (χ4n) is 0. The predicted molar refractivity (Wildman–Crippen MR) is 38.3 cm³/mol. The molecular weight excluding hydrogens is 124 g/mol. The zero-order chi connectivity index (χ0) is 6.08. The average molecular weight is 136 g/mol. The van der Waals surface area contributed by atoms with Gasteiger partial charge in [-0.1, -0.05) is 19.6 Å². The van der Waals surface area contributed by atoms with E-state index in [0.717, 1.165) is 0 Å². The Morgan fingerprint density at radius 1 is 1.43 bits per heavy atom. The van der Waals surface area contributed by atoms with Crippen LogP contribution in [0.5, 0.6) is 0 Å². The second-order valence-electron chi connectivity index (χ2n) is 2.83. The highest BCUT2D eigenvalue weighted by Gasteiger charge is 2.19. The molecule has 0 aliphatic heterocycles. The monoisotopic (exact) mass is 135 g/mol. The smallest absolute Gasteiger partial charge is 0.0648 e. The minimum Gasteiger partial charge on any atom is -0.127 e. The molecule has 0 fully saturated rings. The molecule has 0 nitrogen and oxygen atoms in total. The highest BCUT2D eigenvalue weighted by atomic mass is 35.5. The van der Waals surface area contributed by atoms with Crippen LogP contribution in [0.15, 0.2) is 0 Å². The highest BCUT2D eigenvalue weighted by molar-refractivity contribution is 6.84. The first kappa shape index (κ1) is 7.51. The van der Waals surface area contributed by atoms with E-state index in [1.165, 1.54) is 0 Å². The molecule has 0 saturated heterocycles. The van der Waals surface area contributed by atoms with Crippen LogP contribution in [0.25, 0.3) is 0 Å². The third-order valence-corrected chi connectivity index (χ3v) is 4.78. The largest absolute Gasteiger partial charge is 0.127 e. The summed E-state index contributed by atoms with van der Waals surface area (Å²) in [5, 5.41) is 0.160. The summed E-state index contributed by atoms with van der Waals surface area (Å²) in [6.07, 6.45) is 0. The van der Waals surface area contributed by atoms with Crippen molar-refractivity contribution in [3.63, 3.8) is 0 Å². The van der Waals surface area contributed by atoms with Crippen LogP contribution in [-0.4, -0.2) is 13.1 Å². The van der Waals surface area contributed by atoms with Crippen LogP contribution in [0.1, 0.15) is 0 Å². The maximum atomic E-state index is 5.70. The lowest BCUT2D eigenvalue weighted by atomic mass is 11.0. The minimum absolute atomic E-state index is 0.160. The second-order valence-corrected chi connectivity index (χ2v) is 9.16. The molecule has 0 N–H and O–H groups in total. The summed E-state index contributed by atoms with van der Waals surface area (Å²) in [5.74, 6) is 0. The van der Waals surface area contributed by atoms with E-state index in [1.807, 2.05) is 0 Å². The predicted octanol–water partition coefficient (Wildman–Crippen LogP) is 2.31. The molecule has 0 rings (SSSR count). The van der Waals surface area contributed by atoms with Crippen LogP contribution < -0.4 is 0 Å². The number of alkyl halides is 1. The number of hydrogen-bond acceptors (Lipinski definition) is 0. The van der Waals surface area contributed by atoms with E-state index in [9.17, 15) is 0 Å². The van der Waals surface area contributed by atoms with Gasteiger partial charge in [-0.15, -0.1) is 11.6 Å². The quantitative estimate of drug-likeness (QED) is 0.383. The van der Waals surface area contributed by atoms with Crippen LogP contribution in [0.2, 0.25) is 19.6 Å². The summed E-state index contributed by atoms with van der Waals surface area (Å²) in [7, 11) is -1.08. The van der Waals surface area contributed by atoms with Crippen molar-refractivity contribution < 1.29 is 0 Å². The normalized spacial score (nSPS) is 16.7. The molecule has 43 valence electrons. The Bertz CT molecular complexity index is 53.6. The molecule has 0 aromatic heterocycles. The molecule has 1 radical (unpaired) electrons. The fourth-order valence-corrected chi connectivity index (χ4v) is 0. The Morgan fingerprint density at radius 2 is 1.57 bits per heavy atom. The highest BCUT2D eigenvalue weighted by Crippen LogP contribution is 2.11. The topological polar surface area (TPSA) is 0 Å². The third-order valence-electron chi connectivity index (χ3n) is 0.940. The first-order chi connectivity index (χ1) is 2.94. The fraction of sp³-hybridized carbons (Fsp3) is 0.800. The van der Waals surface area contributed by atoms with Crippen molar-refractivity contribution in [1.29, 1.82) is 0 Å². The van der Waals surface area contributed by atoms with Crippen molar-refractivity contribution in [2.75, 3.05) is 0 Å².